The standard InChI is InChI=1S/C13H22Br6ClO4P/c1-10(2-11(4-14,5-15)6-16)13(20,24-25(21,22)23)3-12(7-17,8-18)9-19/h10H,2-9H2,1H3,(H2,21,22,23). The van der Waals surface area contributed by atoms with Crippen LogP contribution in [0.1, 0.15) is 19.8 Å². The average Bonchev–Trinajstić information content (AvgIpc) is 2.56. The van der Waals surface area contributed by atoms with Crippen molar-refractivity contribution in [2.45, 2.75) is 24.8 Å². The molecular weight excluding hydrogens is 766 g/mol. The van der Waals surface area contributed by atoms with Crippen molar-refractivity contribution in [3.8, 4) is 0 Å². The summed E-state index contributed by atoms with van der Waals surface area (Å²) in [7, 11) is -4.76. The van der Waals surface area contributed by atoms with Crippen molar-refractivity contribution in [1.29, 1.82) is 0 Å². The fourth-order valence-corrected chi connectivity index (χ4v) is 10.5. The SMILES string of the molecule is CC(CC(CBr)(CBr)CBr)C(Cl)(CC(CBr)(CBr)CBr)OP(=O)(O)O. The van der Waals surface area contributed by atoms with Crippen molar-refractivity contribution in [1.82, 2.24) is 0 Å². The predicted molar refractivity (Wildman–Crippen MR) is 128 cm³/mol. The molecule has 0 heterocycles. The van der Waals surface area contributed by atoms with Gasteiger partial charge in [0.15, 0.2) is 5.06 Å². The predicted octanol–water partition coefficient (Wildman–Crippen LogP) is 6.79. The summed E-state index contributed by atoms with van der Waals surface area (Å²) < 4.78 is 16.8. The molecule has 0 aromatic heterocycles. The fourth-order valence-electron chi connectivity index (χ4n) is 2.33. The van der Waals surface area contributed by atoms with Crippen LogP contribution >= 0.6 is 115 Å². The van der Waals surface area contributed by atoms with E-state index in [1.165, 1.54) is 0 Å². The van der Waals surface area contributed by atoms with E-state index in [-0.39, 0.29) is 23.2 Å². The number of phosphoric ester groups is 1. The molecule has 0 saturated carbocycles. The van der Waals surface area contributed by atoms with Crippen LogP contribution < -0.4 is 0 Å². The Morgan fingerprint density at radius 2 is 1.28 bits per heavy atom. The zero-order valence-corrected chi connectivity index (χ0v) is 24.7. The average molecular weight is 788 g/mol. The molecule has 0 aliphatic rings. The first-order valence-corrected chi connectivity index (χ1v) is 15.9. The third-order valence-electron chi connectivity index (χ3n) is 4.06. The highest BCUT2D eigenvalue weighted by molar-refractivity contribution is 9.10. The maximum absolute atomic E-state index is 11.6. The van der Waals surface area contributed by atoms with Gasteiger partial charge in [0.25, 0.3) is 0 Å². The summed E-state index contributed by atoms with van der Waals surface area (Å²) in [5, 5.41) is 2.43. The normalized spacial score (nSPS) is 17.4. The van der Waals surface area contributed by atoms with Crippen LogP contribution in [0.2, 0.25) is 0 Å². The largest absolute Gasteiger partial charge is 0.471 e. The van der Waals surface area contributed by atoms with Crippen molar-refractivity contribution >= 4 is 115 Å². The monoisotopic (exact) mass is 782 g/mol. The minimum absolute atomic E-state index is 0.155. The van der Waals surface area contributed by atoms with Gasteiger partial charge in [-0.15, -0.1) is 0 Å². The van der Waals surface area contributed by atoms with Gasteiger partial charge in [0.05, 0.1) is 0 Å². The van der Waals surface area contributed by atoms with E-state index < -0.39 is 12.9 Å². The van der Waals surface area contributed by atoms with E-state index in [0.717, 1.165) is 0 Å². The van der Waals surface area contributed by atoms with E-state index in [1.807, 2.05) is 6.92 Å². The lowest BCUT2D eigenvalue weighted by Crippen LogP contribution is -2.44. The summed E-state index contributed by atoms with van der Waals surface area (Å²) in [6, 6.07) is 0. The molecule has 152 valence electrons. The van der Waals surface area contributed by atoms with Gasteiger partial charge in [0, 0.05) is 43.3 Å². The topological polar surface area (TPSA) is 66.8 Å². The minimum Gasteiger partial charge on any atom is -0.303 e. The number of rotatable bonds is 13. The van der Waals surface area contributed by atoms with E-state index in [0.29, 0.717) is 38.4 Å². The third kappa shape index (κ3) is 8.89. The Labute approximate surface area is 205 Å². The van der Waals surface area contributed by atoms with E-state index in [2.05, 4.69) is 95.6 Å². The Morgan fingerprint density at radius 3 is 1.56 bits per heavy atom. The van der Waals surface area contributed by atoms with Gasteiger partial charge in [-0.1, -0.05) is 114 Å². The Hall–Kier alpha value is 3.28. The zero-order valence-electron chi connectivity index (χ0n) is 13.5. The smallest absolute Gasteiger partial charge is 0.303 e. The van der Waals surface area contributed by atoms with Crippen molar-refractivity contribution in [3.63, 3.8) is 0 Å². The van der Waals surface area contributed by atoms with E-state index in [1.54, 1.807) is 0 Å². The first-order valence-electron chi connectivity index (χ1n) is 7.22. The Morgan fingerprint density at radius 1 is 0.920 bits per heavy atom. The van der Waals surface area contributed by atoms with E-state index in [4.69, 9.17) is 16.1 Å². The second-order valence-corrected chi connectivity index (χ2v) is 11.6. The van der Waals surface area contributed by atoms with Gasteiger partial charge < -0.3 is 9.79 Å². The van der Waals surface area contributed by atoms with Gasteiger partial charge in [-0.05, 0) is 18.3 Å². The van der Waals surface area contributed by atoms with Gasteiger partial charge in [-0.3, -0.25) is 4.52 Å². The van der Waals surface area contributed by atoms with Crippen LogP contribution in [0.4, 0.5) is 0 Å². The van der Waals surface area contributed by atoms with Crippen LogP contribution in [0, 0.1) is 16.7 Å². The molecule has 0 radical (unpaired) electrons. The second kappa shape index (κ2) is 12.2. The molecule has 0 rings (SSSR count). The summed E-state index contributed by atoms with van der Waals surface area (Å²) in [5.74, 6) is -0.314. The maximum Gasteiger partial charge on any atom is 0.471 e. The van der Waals surface area contributed by atoms with Crippen LogP contribution in [-0.2, 0) is 9.09 Å². The highest BCUT2D eigenvalue weighted by Crippen LogP contribution is 2.53. The van der Waals surface area contributed by atoms with Crippen LogP contribution in [0.3, 0.4) is 0 Å². The molecule has 0 aromatic rings. The molecule has 2 N–H and O–H groups in total. The summed E-state index contributed by atoms with van der Waals surface area (Å²) in [4.78, 5) is 18.9. The lowest BCUT2D eigenvalue weighted by Gasteiger charge is -2.43. The zero-order chi connectivity index (χ0) is 19.9. The van der Waals surface area contributed by atoms with Crippen molar-refractivity contribution in [2.75, 3.05) is 32.0 Å². The first-order chi connectivity index (χ1) is 11.4. The maximum atomic E-state index is 11.6. The Balaban J connectivity index is 5.78. The summed E-state index contributed by atoms with van der Waals surface area (Å²) in [5.41, 5.74) is -0.511. The van der Waals surface area contributed by atoms with E-state index >= 15 is 0 Å². The highest BCUT2D eigenvalue weighted by atomic mass is 79.9. The van der Waals surface area contributed by atoms with Gasteiger partial charge in [-0.2, -0.15) is 0 Å². The summed E-state index contributed by atoms with van der Waals surface area (Å²) >= 11 is 27.8. The van der Waals surface area contributed by atoms with Crippen molar-refractivity contribution in [2.24, 2.45) is 16.7 Å². The van der Waals surface area contributed by atoms with E-state index in [9.17, 15) is 14.4 Å². The summed E-state index contributed by atoms with van der Waals surface area (Å²) in [6.45, 7) is 1.87. The number of halogens is 7. The minimum atomic E-state index is -4.76. The molecule has 12 heteroatoms. The molecule has 0 saturated heterocycles. The van der Waals surface area contributed by atoms with Crippen LogP contribution in [0.15, 0.2) is 0 Å². The molecule has 4 nitrogen and oxygen atoms in total. The number of hydrogen-bond donors (Lipinski definition) is 2. The highest BCUT2D eigenvalue weighted by Gasteiger charge is 2.48. The molecule has 0 aromatic carbocycles. The van der Waals surface area contributed by atoms with Gasteiger partial charge >= 0.3 is 7.82 Å². The second-order valence-electron chi connectivity index (χ2n) is 6.45. The quantitative estimate of drug-likeness (QED) is 0.160. The Bertz CT molecular complexity index is 430. The molecule has 0 aliphatic carbocycles. The number of hydrogen-bond acceptors (Lipinski definition) is 2. The molecule has 0 fully saturated rings. The molecule has 2 atom stereocenters. The van der Waals surface area contributed by atoms with Gasteiger partial charge in [0.1, 0.15) is 0 Å². The molecular formula is C13H22Br6ClO4P. The molecule has 2 unspecified atom stereocenters. The lowest BCUT2D eigenvalue weighted by molar-refractivity contribution is 0.0181. The molecule has 0 aliphatic heterocycles. The fraction of sp³-hybridized carbons (Fsp3) is 1.00. The lowest BCUT2D eigenvalue weighted by atomic mass is 9.78. The van der Waals surface area contributed by atoms with Gasteiger partial charge in [-0.25, -0.2) is 4.57 Å². The number of alkyl halides is 7. The number of phosphoric acid groups is 1. The molecule has 0 amide bonds. The van der Waals surface area contributed by atoms with Crippen molar-refractivity contribution < 1.29 is 18.9 Å². The van der Waals surface area contributed by atoms with Gasteiger partial charge in [0.2, 0.25) is 0 Å². The third-order valence-corrected chi connectivity index (χ3v) is 12.5. The van der Waals surface area contributed by atoms with Crippen LogP contribution in [-0.4, -0.2) is 46.8 Å². The van der Waals surface area contributed by atoms with Crippen LogP contribution in [0.5, 0.6) is 0 Å². The molecule has 0 bridgehead atoms. The molecule has 25 heavy (non-hydrogen) atoms. The Kier molecular flexibility index (Phi) is 13.8. The summed E-state index contributed by atoms with van der Waals surface area (Å²) in [6.07, 6.45) is 0.875. The van der Waals surface area contributed by atoms with Crippen molar-refractivity contribution in [3.05, 3.63) is 0 Å². The molecule has 0 spiro atoms. The van der Waals surface area contributed by atoms with Crippen LogP contribution in [0.25, 0.3) is 0 Å². The first kappa shape index (κ1) is 28.3.